The van der Waals surface area contributed by atoms with Crippen LogP contribution in [0.1, 0.15) is 11.8 Å². The van der Waals surface area contributed by atoms with E-state index in [1.54, 1.807) is 0 Å². The van der Waals surface area contributed by atoms with E-state index in [1.807, 2.05) is 30.3 Å². The van der Waals surface area contributed by atoms with Crippen molar-refractivity contribution < 1.29 is 14.6 Å². The van der Waals surface area contributed by atoms with Gasteiger partial charge in [-0.3, -0.25) is 0 Å². The molecule has 0 aliphatic rings. The maximum absolute atomic E-state index is 11.3. The number of methoxy groups -OCH3 is 1. The third-order valence-corrected chi connectivity index (χ3v) is 2.55. The van der Waals surface area contributed by atoms with Crippen molar-refractivity contribution in [3.63, 3.8) is 0 Å². The molecule has 2 aromatic rings. The van der Waals surface area contributed by atoms with Gasteiger partial charge in [0.2, 0.25) is 0 Å². The van der Waals surface area contributed by atoms with E-state index in [0.717, 1.165) is 5.69 Å². The van der Waals surface area contributed by atoms with Gasteiger partial charge in [-0.05, 0) is 12.1 Å². The Bertz CT molecular complexity index is 592. The minimum atomic E-state index is -1.23. The Balaban J connectivity index is 2.22. The molecule has 0 spiro atoms. The van der Waals surface area contributed by atoms with Gasteiger partial charge in [0, 0.05) is 0 Å². The number of aliphatic hydroxyl groups excluding tert-OH is 1. The highest BCUT2D eigenvalue weighted by atomic mass is 16.5. The molecule has 2 rings (SSSR count). The summed E-state index contributed by atoms with van der Waals surface area (Å²) in [5, 5.41) is 18.1. The smallest absolute Gasteiger partial charge is 0.336 e. The number of para-hydroxylation sites is 1. The monoisotopic (exact) mass is 259 g/mol. The average Bonchev–Trinajstić information content (AvgIpc) is 2.95. The molecule has 0 amide bonds. The number of carbonyl (C=O) groups is 1. The number of ether oxygens (including phenoxy) is 1. The van der Waals surface area contributed by atoms with E-state index in [9.17, 15) is 9.90 Å². The van der Waals surface area contributed by atoms with Crippen molar-refractivity contribution in [2.75, 3.05) is 7.11 Å². The summed E-state index contributed by atoms with van der Waals surface area (Å²) in [4.78, 5) is 12.6. The Morgan fingerprint density at radius 1 is 1.42 bits per heavy atom. The first-order valence-corrected chi connectivity index (χ1v) is 5.56. The highest BCUT2D eigenvalue weighted by Crippen LogP contribution is 2.19. The number of aromatic nitrogens is 3. The van der Waals surface area contributed by atoms with E-state index in [4.69, 9.17) is 0 Å². The molecule has 98 valence electrons. The molecular weight excluding hydrogens is 246 g/mol. The van der Waals surface area contributed by atoms with Crippen LogP contribution < -0.4 is 0 Å². The summed E-state index contributed by atoms with van der Waals surface area (Å²) in [5.74, 6) is -0.679. The summed E-state index contributed by atoms with van der Waals surface area (Å²) in [7, 11) is 1.22. The van der Waals surface area contributed by atoms with Gasteiger partial charge in [-0.1, -0.05) is 24.8 Å². The molecule has 1 atom stereocenters. The van der Waals surface area contributed by atoms with Gasteiger partial charge < -0.3 is 9.84 Å². The van der Waals surface area contributed by atoms with Crippen molar-refractivity contribution in [3.05, 3.63) is 54.4 Å². The molecule has 0 fully saturated rings. The quantitative estimate of drug-likeness (QED) is 0.655. The topological polar surface area (TPSA) is 77.2 Å². The first kappa shape index (κ1) is 13.0. The molecule has 19 heavy (non-hydrogen) atoms. The lowest BCUT2D eigenvalue weighted by atomic mass is 10.1. The molecule has 1 aromatic carbocycles. The molecular formula is C13H13N3O3. The van der Waals surface area contributed by atoms with Gasteiger partial charge in [0.25, 0.3) is 0 Å². The first-order chi connectivity index (χ1) is 9.13. The van der Waals surface area contributed by atoms with E-state index in [1.165, 1.54) is 18.1 Å². The molecule has 1 unspecified atom stereocenters. The lowest BCUT2D eigenvalue weighted by Crippen LogP contribution is -2.12. The predicted molar refractivity (Wildman–Crippen MR) is 67.5 cm³/mol. The van der Waals surface area contributed by atoms with Gasteiger partial charge in [0.15, 0.2) is 0 Å². The predicted octanol–water partition coefficient (Wildman–Crippen LogP) is 1.03. The van der Waals surface area contributed by atoms with E-state index in [-0.39, 0.29) is 11.3 Å². The van der Waals surface area contributed by atoms with Crippen LogP contribution >= 0.6 is 0 Å². The van der Waals surface area contributed by atoms with Gasteiger partial charge >= 0.3 is 5.97 Å². The largest absolute Gasteiger partial charge is 0.466 e. The van der Waals surface area contributed by atoms with Crippen LogP contribution in [0.4, 0.5) is 0 Å². The summed E-state index contributed by atoms with van der Waals surface area (Å²) >= 11 is 0. The molecule has 6 heteroatoms. The second kappa shape index (κ2) is 5.45. The second-order valence-electron chi connectivity index (χ2n) is 3.81. The van der Waals surface area contributed by atoms with Crippen molar-refractivity contribution in [2.24, 2.45) is 0 Å². The van der Waals surface area contributed by atoms with Crippen molar-refractivity contribution in [1.29, 1.82) is 0 Å². The molecule has 6 nitrogen and oxygen atoms in total. The molecule has 1 heterocycles. The third-order valence-electron chi connectivity index (χ3n) is 2.55. The maximum Gasteiger partial charge on any atom is 0.336 e. The van der Waals surface area contributed by atoms with Gasteiger partial charge in [-0.2, -0.15) is 15.0 Å². The number of rotatable bonds is 4. The summed E-state index contributed by atoms with van der Waals surface area (Å²) < 4.78 is 4.49. The second-order valence-corrected chi connectivity index (χ2v) is 3.81. The molecule has 0 bridgehead atoms. The van der Waals surface area contributed by atoms with Crippen LogP contribution in [0.3, 0.4) is 0 Å². The van der Waals surface area contributed by atoms with Crippen LogP contribution in [0.2, 0.25) is 0 Å². The standard InChI is InChI=1S/C13H13N3O3/c1-9(13(18)19-2)12(17)11-8-14-16(15-11)10-6-4-3-5-7-10/h3-8,12,17H,1H2,2H3. The van der Waals surface area contributed by atoms with Crippen LogP contribution in [0.15, 0.2) is 48.7 Å². The van der Waals surface area contributed by atoms with Crippen LogP contribution in [0, 0.1) is 0 Å². The summed E-state index contributed by atoms with van der Waals surface area (Å²) in [6.07, 6.45) is 0.149. The third kappa shape index (κ3) is 2.69. The molecule has 1 N–H and O–H groups in total. The number of hydrogen-bond donors (Lipinski definition) is 1. The van der Waals surface area contributed by atoms with E-state index < -0.39 is 12.1 Å². The van der Waals surface area contributed by atoms with Crippen molar-refractivity contribution in [1.82, 2.24) is 15.0 Å². The molecule has 0 saturated carbocycles. The van der Waals surface area contributed by atoms with Crippen molar-refractivity contribution in [2.45, 2.75) is 6.10 Å². The van der Waals surface area contributed by atoms with E-state index in [2.05, 4.69) is 21.5 Å². The van der Waals surface area contributed by atoms with Crippen LogP contribution in [-0.2, 0) is 9.53 Å². The van der Waals surface area contributed by atoms with Crippen LogP contribution in [0.25, 0.3) is 5.69 Å². The molecule has 0 aliphatic heterocycles. The fraction of sp³-hybridized carbons (Fsp3) is 0.154. The molecule has 0 saturated heterocycles. The van der Waals surface area contributed by atoms with Gasteiger partial charge in [-0.25, -0.2) is 4.79 Å². The molecule has 0 radical (unpaired) electrons. The SMILES string of the molecule is C=C(C(=O)OC)C(O)c1cnn(-c2ccccc2)n1. The highest BCUT2D eigenvalue weighted by Gasteiger charge is 2.21. The highest BCUT2D eigenvalue weighted by molar-refractivity contribution is 5.88. The van der Waals surface area contributed by atoms with E-state index >= 15 is 0 Å². The number of carbonyl (C=O) groups excluding carboxylic acids is 1. The minimum absolute atomic E-state index is 0.0809. The zero-order valence-electron chi connectivity index (χ0n) is 10.4. The van der Waals surface area contributed by atoms with Crippen LogP contribution in [0.5, 0.6) is 0 Å². The fourth-order valence-electron chi connectivity index (χ4n) is 1.51. The van der Waals surface area contributed by atoms with Gasteiger partial charge in [0.1, 0.15) is 11.8 Å². The Morgan fingerprint density at radius 2 is 2.11 bits per heavy atom. The average molecular weight is 259 g/mol. The minimum Gasteiger partial charge on any atom is -0.466 e. The summed E-state index contributed by atoms with van der Waals surface area (Å²) in [6, 6.07) is 9.22. The zero-order chi connectivity index (χ0) is 13.8. The Hall–Kier alpha value is -2.47. The van der Waals surface area contributed by atoms with Crippen LogP contribution in [-0.4, -0.2) is 33.2 Å². The number of esters is 1. The molecule has 0 aliphatic carbocycles. The Labute approximate surface area is 109 Å². The Morgan fingerprint density at radius 3 is 2.74 bits per heavy atom. The fourth-order valence-corrected chi connectivity index (χ4v) is 1.51. The number of benzene rings is 1. The normalized spacial score (nSPS) is 11.9. The summed E-state index contributed by atoms with van der Waals surface area (Å²) in [6.45, 7) is 3.48. The molecule has 1 aromatic heterocycles. The zero-order valence-corrected chi connectivity index (χ0v) is 10.4. The van der Waals surface area contributed by atoms with Gasteiger partial charge in [-0.15, -0.1) is 0 Å². The number of aliphatic hydroxyl groups is 1. The number of nitrogens with zero attached hydrogens (tertiary/aromatic N) is 3. The van der Waals surface area contributed by atoms with E-state index in [0.29, 0.717) is 0 Å². The first-order valence-electron chi connectivity index (χ1n) is 5.56. The lowest BCUT2D eigenvalue weighted by Gasteiger charge is -2.08. The number of hydrogen-bond acceptors (Lipinski definition) is 5. The van der Waals surface area contributed by atoms with Crippen molar-refractivity contribution >= 4 is 5.97 Å². The summed E-state index contributed by atoms with van der Waals surface area (Å²) in [5.41, 5.74) is 0.909. The van der Waals surface area contributed by atoms with Crippen molar-refractivity contribution in [3.8, 4) is 5.69 Å². The lowest BCUT2D eigenvalue weighted by molar-refractivity contribution is -0.137. The Kier molecular flexibility index (Phi) is 3.72. The van der Waals surface area contributed by atoms with Gasteiger partial charge in [0.05, 0.1) is 24.6 Å². The maximum atomic E-state index is 11.3.